The van der Waals surface area contributed by atoms with Gasteiger partial charge in [-0.2, -0.15) is 0 Å². The van der Waals surface area contributed by atoms with E-state index in [-0.39, 0.29) is 28.5 Å². The van der Waals surface area contributed by atoms with Crippen molar-refractivity contribution in [3.05, 3.63) is 17.7 Å². The van der Waals surface area contributed by atoms with E-state index in [2.05, 4.69) is 0 Å². The van der Waals surface area contributed by atoms with Crippen LogP contribution in [0.4, 0.5) is 0 Å². The first-order chi connectivity index (χ1) is 8.35. The topological polar surface area (TPSA) is 95.7 Å². The molecule has 0 aliphatic heterocycles. The first-order valence-corrected chi connectivity index (χ1v) is 6.93. The van der Waals surface area contributed by atoms with E-state index in [1.54, 1.807) is 0 Å². The number of nitrogens with two attached hydrogens (primary N) is 1. The second-order valence-corrected chi connectivity index (χ2v) is 5.59. The molecule has 0 atom stereocenters. The third-order valence-electron chi connectivity index (χ3n) is 2.37. The Balaban J connectivity index is 3.62. The van der Waals surface area contributed by atoms with Crippen LogP contribution < -0.4 is 15.2 Å². The highest BCUT2D eigenvalue weighted by Crippen LogP contribution is 2.32. The summed E-state index contributed by atoms with van der Waals surface area (Å²) < 4.78 is 33.3. The fourth-order valence-electron chi connectivity index (χ4n) is 1.49. The van der Waals surface area contributed by atoms with Gasteiger partial charge in [-0.25, -0.2) is 8.42 Å². The summed E-state index contributed by atoms with van der Waals surface area (Å²) >= 11 is 0. The van der Waals surface area contributed by atoms with Crippen molar-refractivity contribution < 1.29 is 22.7 Å². The molecule has 0 saturated heterocycles. The van der Waals surface area contributed by atoms with Crippen LogP contribution in [0, 0.1) is 0 Å². The zero-order chi connectivity index (χ0) is 13.9. The van der Waals surface area contributed by atoms with Crippen LogP contribution in [0.5, 0.6) is 11.5 Å². The molecule has 7 heteroatoms. The number of sulfone groups is 1. The van der Waals surface area contributed by atoms with Crippen molar-refractivity contribution in [2.45, 2.75) is 4.90 Å². The Morgan fingerprint density at radius 3 is 2.11 bits per heavy atom. The SMILES string of the molecule is COc1cc(C(=O)CN)c(S(C)(=O)=O)cc1OC. The number of hydrogen-bond acceptors (Lipinski definition) is 6. The number of rotatable bonds is 5. The summed E-state index contributed by atoms with van der Waals surface area (Å²) in [5.41, 5.74) is 5.27. The molecule has 0 aliphatic carbocycles. The minimum absolute atomic E-state index is 0.0117. The lowest BCUT2D eigenvalue weighted by molar-refractivity contribution is 0.0998. The molecular weight excluding hydrogens is 258 g/mol. The van der Waals surface area contributed by atoms with Gasteiger partial charge in [0.25, 0.3) is 0 Å². The van der Waals surface area contributed by atoms with Gasteiger partial charge in [0.15, 0.2) is 27.1 Å². The second kappa shape index (κ2) is 5.36. The van der Waals surface area contributed by atoms with Crippen molar-refractivity contribution in [3.8, 4) is 11.5 Å². The predicted octanol–water partition coefficient (Wildman–Crippen LogP) is 0.249. The molecule has 18 heavy (non-hydrogen) atoms. The number of methoxy groups -OCH3 is 2. The number of hydrogen-bond donors (Lipinski definition) is 1. The van der Waals surface area contributed by atoms with Crippen LogP contribution in [-0.2, 0) is 9.84 Å². The van der Waals surface area contributed by atoms with Crippen LogP contribution in [0.1, 0.15) is 10.4 Å². The lowest BCUT2D eigenvalue weighted by atomic mass is 10.1. The number of ether oxygens (including phenoxy) is 2. The number of benzene rings is 1. The summed E-state index contributed by atoms with van der Waals surface area (Å²) in [7, 11) is -0.777. The number of carbonyl (C=O) groups is 1. The van der Waals surface area contributed by atoms with E-state index < -0.39 is 15.6 Å². The molecule has 6 nitrogen and oxygen atoms in total. The first-order valence-electron chi connectivity index (χ1n) is 5.04. The van der Waals surface area contributed by atoms with E-state index in [9.17, 15) is 13.2 Å². The Labute approximate surface area is 106 Å². The first kappa shape index (κ1) is 14.5. The maximum atomic E-state index is 11.7. The van der Waals surface area contributed by atoms with Gasteiger partial charge in [0.2, 0.25) is 0 Å². The van der Waals surface area contributed by atoms with Crippen molar-refractivity contribution in [2.75, 3.05) is 27.0 Å². The van der Waals surface area contributed by atoms with E-state index in [0.29, 0.717) is 0 Å². The third-order valence-corrected chi connectivity index (χ3v) is 3.51. The van der Waals surface area contributed by atoms with E-state index in [1.165, 1.54) is 26.4 Å². The Morgan fingerprint density at radius 2 is 1.72 bits per heavy atom. The molecule has 0 bridgehead atoms. The lowest BCUT2D eigenvalue weighted by Gasteiger charge is -2.12. The van der Waals surface area contributed by atoms with Crippen molar-refractivity contribution in [1.82, 2.24) is 0 Å². The minimum Gasteiger partial charge on any atom is -0.493 e. The summed E-state index contributed by atoms with van der Waals surface area (Å²) in [6, 6.07) is 2.58. The summed E-state index contributed by atoms with van der Waals surface area (Å²) in [6.45, 7) is -0.280. The predicted molar refractivity (Wildman–Crippen MR) is 66.0 cm³/mol. The number of carbonyl (C=O) groups excluding carboxylic acids is 1. The van der Waals surface area contributed by atoms with Crippen LogP contribution in [-0.4, -0.2) is 41.2 Å². The Kier molecular flexibility index (Phi) is 4.31. The monoisotopic (exact) mass is 273 g/mol. The minimum atomic E-state index is -3.56. The van der Waals surface area contributed by atoms with Gasteiger partial charge in [-0.05, 0) is 6.07 Å². The molecule has 0 radical (unpaired) electrons. The van der Waals surface area contributed by atoms with Gasteiger partial charge in [0.05, 0.1) is 25.7 Å². The van der Waals surface area contributed by atoms with E-state index >= 15 is 0 Å². The highest BCUT2D eigenvalue weighted by Gasteiger charge is 2.21. The van der Waals surface area contributed by atoms with Crippen LogP contribution in [0.25, 0.3) is 0 Å². The van der Waals surface area contributed by atoms with Gasteiger partial charge >= 0.3 is 0 Å². The van der Waals surface area contributed by atoms with Crippen LogP contribution in [0.2, 0.25) is 0 Å². The molecule has 0 fully saturated rings. The molecule has 0 saturated carbocycles. The standard InChI is InChI=1S/C11H15NO5S/c1-16-9-4-7(8(13)6-12)11(18(3,14)15)5-10(9)17-2/h4-5H,6,12H2,1-3H3. The van der Waals surface area contributed by atoms with Crippen molar-refractivity contribution >= 4 is 15.6 Å². The molecular formula is C11H15NO5S. The highest BCUT2D eigenvalue weighted by atomic mass is 32.2. The zero-order valence-electron chi connectivity index (χ0n) is 10.4. The largest absolute Gasteiger partial charge is 0.493 e. The molecule has 1 aromatic carbocycles. The molecule has 100 valence electrons. The van der Waals surface area contributed by atoms with Gasteiger partial charge in [-0.3, -0.25) is 4.79 Å². The molecule has 1 aromatic rings. The smallest absolute Gasteiger partial charge is 0.177 e. The second-order valence-electron chi connectivity index (χ2n) is 3.60. The quantitative estimate of drug-likeness (QED) is 0.772. The Morgan fingerprint density at radius 1 is 1.22 bits per heavy atom. The molecule has 1 rings (SSSR count). The average Bonchev–Trinajstić information content (AvgIpc) is 2.34. The molecule has 0 amide bonds. The maximum Gasteiger partial charge on any atom is 0.177 e. The summed E-state index contributed by atoms with van der Waals surface area (Å²) in [5, 5.41) is 0. The van der Waals surface area contributed by atoms with Gasteiger partial charge in [-0.1, -0.05) is 0 Å². The maximum absolute atomic E-state index is 11.7. The Hall–Kier alpha value is -1.60. The van der Waals surface area contributed by atoms with Crippen molar-refractivity contribution in [3.63, 3.8) is 0 Å². The summed E-state index contributed by atoms with van der Waals surface area (Å²) in [5.74, 6) is 0.0459. The fourth-order valence-corrected chi connectivity index (χ4v) is 2.39. The molecule has 0 aliphatic rings. The van der Waals surface area contributed by atoms with Gasteiger partial charge in [-0.15, -0.1) is 0 Å². The molecule has 0 spiro atoms. The average molecular weight is 273 g/mol. The molecule has 0 heterocycles. The van der Waals surface area contributed by atoms with Crippen LogP contribution in [0.3, 0.4) is 0 Å². The van der Waals surface area contributed by atoms with E-state index in [0.717, 1.165) is 6.26 Å². The van der Waals surface area contributed by atoms with Crippen LogP contribution in [0.15, 0.2) is 17.0 Å². The summed E-state index contributed by atoms with van der Waals surface area (Å²) in [4.78, 5) is 11.5. The number of Topliss-reactive ketones (excluding diaryl/α,β-unsaturated/α-hetero) is 1. The third kappa shape index (κ3) is 2.80. The van der Waals surface area contributed by atoms with Gasteiger partial charge in [0, 0.05) is 17.9 Å². The van der Waals surface area contributed by atoms with Crippen molar-refractivity contribution in [2.24, 2.45) is 5.73 Å². The van der Waals surface area contributed by atoms with Crippen molar-refractivity contribution in [1.29, 1.82) is 0 Å². The van der Waals surface area contributed by atoms with E-state index in [4.69, 9.17) is 15.2 Å². The van der Waals surface area contributed by atoms with Crippen LogP contribution >= 0.6 is 0 Å². The normalized spacial score (nSPS) is 11.1. The zero-order valence-corrected chi connectivity index (χ0v) is 11.2. The molecule has 2 N–H and O–H groups in total. The molecule has 0 aromatic heterocycles. The molecule has 0 unspecified atom stereocenters. The number of ketones is 1. The van der Waals surface area contributed by atoms with Gasteiger partial charge < -0.3 is 15.2 Å². The lowest BCUT2D eigenvalue weighted by Crippen LogP contribution is -2.17. The summed E-state index contributed by atoms with van der Waals surface area (Å²) in [6.07, 6.45) is 1.02. The van der Waals surface area contributed by atoms with Gasteiger partial charge in [0.1, 0.15) is 0 Å². The fraction of sp³-hybridized carbons (Fsp3) is 0.364. The van der Waals surface area contributed by atoms with E-state index in [1.807, 2.05) is 0 Å². The Bertz CT molecular complexity index is 565. The highest BCUT2D eigenvalue weighted by molar-refractivity contribution is 7.90.